The van der Waals surface area contributed by atoms with Crippen LogP contribution in [0.2, 0.25) is 0 Å². The zero-order valence-corrected chi connectivity index (χ0v) is 12.1. The molecule has 2 unspecified atom stereocenters. The lowest BCUT2D eigenvalue weighted by Crippen LogP contribution is -2.56. The van der Waals surface area contributed by atoms with Crippen molar-refractivity contribution in [2.75, 3.05) is 0 Å². The second-order valence-corrected chi connectivity index (χ2v) is 6.02. The summed E-state index contributed by atoms with van der Waals surface area (Å²) in [5.41, 5.74) is 7.38. The van der Waals surface area contributed by atoms with Gasteiger partial charge in [0.1, 0.15) is 0 Å². The average molecular weight is 276 g/mol. The van der Waals surface area contributed by atoms with Crippen LogP contribution in [0.1, 0.15) is 43.7 Å². The molecule has 1 aromatic rings. The number of nitrogens with one attached hydrogen (secondary N) is 1. The molecule has 0 saturated heterocycles. The largest absolute Gasteiger partial charge is 0.392 e. The molecule has 110 valence electrons. The highest BCUT2D eigenvalue weighted by Gasteiger charge is 2.37. The number of carbonyl (C=O) groups excluding carboxylic acids is 1. The van der Waals surface area contributed by atoms with Crippen molar-refractivity contribution in [3.05, 3.63) is 35.4 Å². The van der Waals surface area contributed by atoms with Crippen LogP contribution in [0.15, 0.2) is 24.3 Å². The number of aliphatic hydroxyl groups excluding tert-OH is 1. The molecule has 1 aliphatic rings. The first kappa shape index (κ1) is 15.0. The standard InChI is InChI=1S/C16H24N2O2/c1-12-4-3-7-16(17,9-12)15(20)18-10-13-5-2-6-14(8-13)11-19/h2,5-6,8,12,19H,3-4,7,9-11,17H2,1H3,(H,18,20). The van der Waals surface area contributed by atoms with E-state index < -0.39 is 5.54 Å². The maximum absolute atomic E-state index is 12.3. The van der Waals surface area contributed by atoms with Crippen molar-refractivity contribution in [1.29, 1.82) is 0 Å². The van der Waals surface area contributed by atoms with Crippen LogP contribution in [-0.2, 0) is 17.9 Å². The van der Waals surface area contributed by atoms with E-state index in [0.29, 0.717) is 12.5 Å². The van der Waals surface area contributed by atoms with Crippen LogP contribution < -0.4 is 11.1 Å². The number of hydrogen-bond acceptors (Lipinski definition) is 3. The fourth-order valence-electron chi connectivity index (χ4n) is 2.99. The first-order chi connectivity index (χ1) is 9.53. The van der Waals surface area contributed by atoms with Gasteiger partial charge in [-0.05, 0) is 29.9 Å². The zero-order valence-electron chi connectivity index (χ0n) is 12.1. The lowest BCUT2D eigenvalue weighted by Gasteiger charge is -2.35. The van der Waals surface area contributed by atoms with E-state index in [1.807, 2.05) is 24.3 Å². The van der Waals surface area contributed by atoms with E-state index in [2.05, 4.69) is 12.2 Å². The average Bonchev–Trinajstić information content (AvgIpc) is 2.44. The third kappa shape index (κ3) is 3.58. The SMILES string of the molecule is CC1CCCC(N)(C(=O)NCc2cccc(CO)c2)C1. The summed E-state index contributed by atoms with van der Waals surface area (Å²) in [6.07, 6.45) is 3.70. The van der Waals surface area contributed by atoms with E-state index in [9.17, 15) is 4.79 Å². The maximum atomic E-state index is 12.3. The van der Waals surface area contributed by atoms with Crippen molar-refractivity contribution in [3.63, 3.8) is 0 Å². The van der Waals surface area contributed by atoms with Gasteiger partial charge in [-0.1, -0.05) is 44.0 Å². The van der Waals surface area contributed by atoms with Crippen LogP contribution in [0, 0.1) is 5.92 Å². The smallest absolute Gasteiger partial charge is 0.240 e. The van der Waals surface area contributed by atoms with Crippen LogP contribution in [-0.4, -0.2) is 16.6 Å². The molecule has 2 atom stereocenters. The summed E-state index contributed by atoms with van der Waals surface area (Å²) in [6.45, 7) is 2.62. The number of nitrogens with two attached hydrogens (primary N) is 1. The van der Waals surface area contributed by atoms with Gasteiger partial charge in [-0.2, -0.15) is 0 Å². The van der Waals surface area contributed by atoms with Gasteiger partial charge in [0.25, 0.3) is 0 Å². The van der Waals surface area contributed by atoms with Crippen molar-refractivity contribution in [1.82, 2.24) is 5.32 Å². The van der Waals surface area contributed by atoms with Gasteiger partial charge in [-0.25, -0.2) is 0 Å². The second-order valence-electron chi connectivity index (χ2n) is 6.02. The topological polar surface area (TPSA) is 75.4 Å². The minimum Gasteiger partial charge on any atom is -0.392 e. The fraction of sp³-hybridized carbons (Fsp3) is 0.562. The predicted octanol–water partition coefficient (Wildman–Crippen LogP) is 1.70. The molecule has 4 nitrogen and oxygen atoms in total. The summed E-state index contributed by atoms with van der Waals surface area (Å²) in [4.78, 5) is 12.3. The first-order valence-electron chi connectivity index (χ1n) is 7.29. The van der Waals surface area contributed by atoms with E-state index in [1.165, 1.54) is 0 Å². The Bertz CT molecular complexity index is 475. The van der Waals surface area contributed by atoms with E-state index in [0.717, 1.165) is 36.8 Å². The Morgan fingerprint density at radius 2 is 2.25 bits per heavy atom. The number of aliphatic hydroxyl groups is 1. The third-order valence-corrected chi connectivity index (χ3v) is 4.11. The van der Waals surface area contributed by atoms with Crippen molar-refractivity contribution in [3.8, 4) is 0 Å². The number of benzene rings is 1. The van der Waals surface area contributed by atoms with Crippen LogP contribution >= 0.6 is 0 Å². The van der Waals surface area contributed by atoms with Crippen LogP contribution in [0.25, 0.3) is 0 Å². The zero-order chi connectivity index (χ0) is 14.6. The molecule has 1 aliphatic carbocycles. The predicted molar refractivity (Wildman–Crippen MR) is 78.8 cm³/mol. The van der Waals surface area contributed by atoms with Gasteiger partial charge >= 0.3 is 0 Å². The third-order valence-electron chi connectivity index (χ3n) is 4.11. The number of carbonyl (C=O) groups is 1. The summed E-state index contributed by atoms with van der Waals surface area (Å²) in [5, 5.41) is 12.0. The minimum atomic E-state index is -0.716. The fourth-order valence-corrected chi connectivity index (χ4v) is 2.99. The molecule has 0 aliphatic heterocycles. The van der Waals surface area contributed by atoms with Gasteiger partial charge in [0, 0.05) is 6.54 Å². The molecule has 1 saturated carbocycles. The Hall–Kier alpha value is -1.39. The summed E-state index contributed by atoms with van der Waals surface area (Å²) in [7, 11) is 0. The molecule has 1 fully saturated rings. The molecule has 0 spiro atoms. The summed E-state index contributed by atoms with van der Waals surface area (Å²) in [5.74, 6) is 0.454. The van der Waals surface area contributed by atoms with Crippen LogP contribution in [0.3, 0.4) is 0 Å². The summed E-state index contributed by atoms with van der Waals surface area (Å²) in [6, 6.07) is 7.57. The van der Waals surface area contributed by atoms with E-state index in [4.69, 9.17) is 10.8 Å². The van der Waals surface area contributed by atoms with E-state index in [1.54, 1.807) is 0 Å². The Morgan fingerprint density at radius 1 is 1.50 bits per heavy atom. The van der Waals surface area contributed by atoms with Crippen molar-refractivity contribution < 1.29 is 9.90 Å². The number of rotatable bonds is 4. The molecule has 0 bridgehead atoms. The van der Waals surface area contributed by atoms with E-state index in [-0.39, 0.29) is 12.5 Å². The van der Waals surface area contributed by atoms with Crippen LogP contribution in [0.4, 0.5) is 0 Å². The Labute approximate surface area is 120 Å². The maximum Gasteiger partial charge on any atom is 0.240 e. The van der Waals surface area contributed by atoms with Gasteiger partial charge in [-0.3, -0.25) is 4.79 Å². The van der Waals surface area contributed by atoms with Gasteiger partial charge < -0.3 is 16.2 Å². The summed E-state index contributed by atoms with van der Waals surface area (Å²) >= 11 is 0. The summed E-state index contributed by atoms with van der Waals surface area (Å²) < 4.78 is 0. The van der Waals surface area contributed by atoms with Gasteiger partial charge in [-0.15, -0.1) is 0 Å². The quantitative estimate of drug-likeness (QED) is 0.783. The highest BCUT2D eigenvalue weighted by Crippen LogP contribution is 2.30. The number of hydrogen-bond donors (Lipinski definition) is 3. The van der Waals surface area contributed by atoms with Crippen LogP contribution in [0.5, 0.6) is 0 Å². The molecule has 1 aromatic carbocycles. The molecule has 0 aromatic heterocycles. The molecule has 0 heterocycles. The normalized spacial score (nSPS) is 26.2. The molecule has 1 amide bonds. The second kappa shape index (κ2) is 6.37. The lowest BCUT2D eigenvalue weighted by atomic mass is 9.76. The van der Waals surface area contributed by atoms with Gasteiger partial charge in [0.2, 0.25) is 5.91 Å². The molecule has 20 heavy (non-hydrogen) atoms. The lowest BCUT2D eigenvalue weighted by molar-refractivity contribution is -0.128. The molecule has 4 N–H and O–H groups in total. The first-order valence-corrected chi connectivity index (χ1v) is 7.29. The Morgan fingerprint density at radius 3 is 2.95 bits per heavy atom. The van der Waals surface area contributed by atoms with Crippen molar-refractivity contribution in [2.45, 2.75) is 51.3 Å². The minimum absolute atomic E-state index is 0.0140. The van der Waals surface area contributed by atoms with E-state index >= 15 is 0 Å². The molecule has 0 radical (unpaired) electrons. The van der Waals surface area contributed by atoms with Crippen molar-refractivity contribution >= 4 is 5.91 Å². The molecule has 2 rings (SSSR count). The molecular formula is C16H24N2O2. The monoisotopic (exact) mass is 276 g/mol. The molecule has 4 heteroatoms. The highest BCUT2D eigenvalue weighted by atomic mass is 16.3. The molecular weight excluding hydrogens is 252 g/mol. The highest BCUT2D eigenvalue weighted by molar-refractivity contribution is 5.86. The number of amides is 1. The Kier molecular flexibility index (Phi) is 4.78. The van der Waals surface area contributed by atoms with Crippen molar-refractivity contribution in [2.24, 2.45) is 11.7 Å². The Balaban J connectivity index is 1.94. The van der Waals surface area contributed by atoms with Gasteiger partial charge in [0.15, 0.2) is 0 Å². The van der Waals surface area contributed by atoms with Gasteiger partial charge in [0.05, 0.1) is 12.1 Å².